The fraction of sp³-hybridized carbons (Fsp3) is 0.615. The van der Waals surface area contributed by atoms with E-state index in [0.717, 1.165) is 18.8 Å². The summed E-state index contributed by atoms with van der Waals surface area (Å²) < 4.78 is 0. The first-order valence-electron chi connectivity index (χ1n) is 6.06. The molecule has 0 radical (unpaired) electrons. The molecule has 1 rings (SSSR count). The summed E-state index contributed by atoms with van der Waals surface area (Å²) >= 11 is 5.75. The highest BCUT2D eigenvalue weighted by molar-refractivity contribution is 6.29. The maximum Gasteiger partial charge on any atom is 0.129 e. The summed E-state index contributed by atoms with van der Waals surface area (Å²) in [5, 5.41) is 6.69. The van der Waals surface area contributed by atoms with E-state index in [4.69, 9.17) is 11.6 Å². The van der Waals surface area contributed by atoms with E-state index in [1.807, 2.05) is 33.2 Å². The van der Waals surface area contributed by atoms with Crippen molar-refractivity contribution in [3.63, 3.8) is 0 Å². The van der Waals surface area contributed by atoms with Crippen molar-refractivity contribution in [2.24, 2.45) is 0 Å². The van der Waals surface area contributed by atoms with Crippen LogP contribution in [-0.4, -0.2) is 25.6 Å². The van der Waals surface area contributed by atoms with Gasteiger partial charge in [-0.1, -0.05) is 24.9 Å². The van der Waals surface area contributed by atoms with Crippen molar-refractivity contribution in [1.82, 2.24) is 15.6 Å². The van der Waals surface area contributed by atoms with E-state index >= 15 is 0 Å². The molecule has 0 saturated carbocycles. The number of nitrogens with one attached hydrogen (secondary N) is 2. The van der Waals surface area contributed by atoms with Crippen LogP contribution in [-0.2, 0) is 6.54 Å². The molecular formula is C13H24ClN3. The number of unbranched alkanes of at least 4 members (excludes halogenated alkanes) is 1. The Hall–Kier alpha value is -0.640. The Balaban J connectivity index is 0.000000366. The van der Waals surface area contributed by atoms with E-state index in [0.29, 0.717) is 5.15 Å². The molecule has 0 fully saturated rings. The van der Waals surface area contributed by atoms with Crippen molar-refractivity contribution in [3.05, 3.63) is 28.5 Å². The third-order valence-corrected chi connectivity index (χ3v) is 2.34. The maximum absolute atomic E-state index is 5.75. The molecule has 0 atom stereocenters. The van der Waals surface area contributed by atoms with E-state index in [1.54, 1.807) is 0 Å². The number of halogens is 1. The van der Waals surface area contributed by atoms with Gasteiger partial charge in [-0.3, -0.25) is 0 Å². The smallest absolute Gasteiger partial charge is 0.129 e. The Morgan fingerprint density at radius 3 is 2.35 bits per heavy atom. The molecule has 4 heteroatoms. The van der Waals surface area contributed by atoms with Gasteiger partial charge in [-0.05, 0) is 51.7 Å². The van der Waals surface area contributed by atoms with Crippen LogP contribution in [0.5, 0.6) is 0 Å². The van der Waals surface area contributed by atoms with Crippen LogP contribution in [0.25, 0.3) is 0 Å². The molecule has 3 nitrogen and oxygen atoms in total. The fourth-order valence-corrected chi connectivity index (χ4v) is 1.63. The molecule has 1 aromatic heterocycles. The zero-order valence-electron chi connectivity index (χ0n) is 11.3. The predicted octanol–water partition coefficient (Wildman–Crippen LogP) is 2.77. The quantitative estimate of drug-likeness (QED) is 0.629. The number of aryl methyl sites for hydroxylation is 1. The van der Waals surface area contributed by atoms with Crippen molar-refractivity contribution < 1.29 is 0 Å². The van der Waals surface area contributed by atoms with Gasteiger partial charge in [0.2, 0.25) is 0 Å². The van der Waals surface area contributed by atoms with Crippen LogP contribution in [0.15, 0.2) is 12.1 Å². The number of rotatable bonds is 5. The van der Waals surface area contributed by atoms with Crippen LogP contribution in [0.4, 0.5) is 0 Å². The summed E-state index contributed by atoms with van der Waals surface area (Å²) in [6, 6.07) is 3.88. The highest BCUT2D eigenvalue weighted by Crippen LogP contribution is 2.09. The second kappa shape index (κ2) is 10.5. The van der Waals surface area contributed by atoms with Crippen molar-refractivity contribution in [2.45, 2.75) is 33.2 Å². The second-order valence-corrected chi connectivity index (χ2v) is 4.31. The van der Waals surface area contributed by atoms with Crippen molar-refractivity contribution >= 4 is 11.6 Å². The molecule has 0 aliphatic carbocycles. The minimum absolute atomic E-state index is 0.565. The van der Waals surface area contributed by atoms with Gasteiger partial charge in [-0.2, -0.15) is 0 Å². The molecule has 1 aromatic rings. The van der Waals surface area contributed by atoms with Crippen LogP contribution in [0.3, 0.4) is 0 Å². The Labute approximate surface area is 110 Å². The molecule has 17 heavy (non-hydrogen) atoms. The number of aromatic nitrogens is 1. The van der Waals surface area contributed by atoms with Crippen LogP contribution in [0.1, 0.15) is 31.0 Å². The molecule has 0 bridgehead atoms. The Bertz CT molecular complexity index is 278. The Morgan fingerprint density at radius 1 is 1.24 bits per heavy atom. The van der Waals surface area contributed by atoms with Crippen molar-refractivity contribution in [2.75, 3.05) is 20.6 Å². The molecular weight excluding hydrogens is 234 g/mol. The monoisotopic (exact) mass is 257 g/mol. The maximum atomic E-state index is 5.75. The summed E-state index contributed by atoms with van der Waals surface area (Å²) in [4.78, 5) is 4.05. The lowest BCUT2D eigenvalue weighted by Gasteiger charge is -2.01. The summed E-state index contributed by atoms with van der Waals surface area (Å²) in [6.45, 7) is 6.13. The molecule has 0 aliphatic heterocycles. The topological polar surface area (TPSA) is 37.0 Å². The van der Waals surface area contributed by atoms with E-state index < -0.39 is 0 Å². The Morgan fingerprint density at radius 2 is 1.94 bits per heavy atom. The van der Waals surface area contributed by atoms with E-state index in [-0.39, 0.29) is 0 Å². The first-order chi connectivity index (χ1) is 8.13. The highest BCUT2D eigenvalue weighted by atomic mass is 35.5. The minimum Gasteiger partial charge on any atom is -0.320 e. The number of pyridine rings is 1. The molecule has 0 aromatic carbocycles. The minimum atomic E-state index is 0.565. The largest absolute Gasteiger partial charge is 0.320 e. The molecule has 0 amide bonds. The van der Waals surface area contributed by atoms with Crippen molar-refractivity contribution in [3.8, 4) is 0 Å². The molecule has 0 saturated heterocycles. The molecule has 98 valence electrons. The van der Waals surface area contributed by atoms with E-state index in [1.165, 1.54) is 18.4 Å². The molecule has 0 spiro atoms. The second-order valence-electron chi connectivity index (χ2n) is 3.93. The normalized spacial score (nSPS) is 9.71. The molecule has 0 aliphatic rings. The van der Waals surface area contributed by atoms with E-state index in [9.17, 15) is 0 Å². The van der Waals surface area contributed by atoms with Crippen LogP contribution < -0.4 is 10.6 Å². The van der Waals surface area contributed by atoms with Gasteiger partial charge in [0.05, 0.1) is 0 Å². The van der Waals surface area contributed by atoms with Gasteiger partial charge in [-0.25, -0.2) is 4.98 Å². The first kappa shape index (κ1) is 16.4. The molecule has 2 N–H and O–H groups in total. The third-order valence-electron chi connectivity index (χ3n) is 2.14. The summed E-state index contributed by atoms with van der Waals surface area (Å²) in [6.07, 6.45) is 2.59. The predicted molar refractivity (Wildman–Crippen MR) is 75.6 cm³/mol. The number of hydrogen-bond donors (Lipinski definition) is 2. The van der Waals surface area contributed by atoms with Crippen molar-refractivity contribution in [1.29, 1.82) is 0 Å². The summed E-state index contributed by atoms with van der Waals surface area (Å²) in [7, 11) is 3.89. The lowest BCUT2D eigenvalue weighted by Crippen LogP contribution is -2.06. The third kappa shape index (κ3) is 9.10. The van der Waals surface area contributed by atoms with Gasteiger partial charge in [0, 0.05) is 12.2 Å². The van der Waals surface area contributed by atoms with Crippen LogP contribution in [0.2, 0.25) is 5.15 Å². The van der Waals surface area contributed by atoms with Crippen LogP contribution in [0, 0.1) is 6.92 Å². The fourth-order valence-electron chi connectivity index (χ4n) is 1.36. The summed E-state index contributed by atoms with van der Waals surface area (Å²) in [5.74, 6) is 0. The van der Waals surface area contributed by atoms with Gasteiger partial charge in [0.25, 0.3) is 0 Å². The lowest BCUT2D eigenvalue weighted by molar-refractivity contribution is 0.711. The van der Waals surface area contributed by atoms with Gasteiger partial charge in [-0.15, -0.1) is 0 Å². The standard InChI is InChI=1S/C8H11ClN2.C5H13N/c1-6-3-7(5-10-2)4-8(9)11-6;1-3-4-5-6-2/h3-4,10H,5H2,1-2H3;6H,3-5H2,1-2H3. The average Bonchev–Trinajstić information content (AvgIpc) is 2.26. The number of nitrogens with zero attached hydrogens (tertiary/aromatic N) is 1. The van der Waals surface area contributed by atoms with Gasteiger partial charge >= 0.3 is 0 Å². The molecule has 1 heterocycles. The first-order valence-corrected chi connectivity index (χ1v) is 6.44. The van der Waals surface area contributed by atoms with Gasteiger partial charge in [0.15, 0.2) is 0 Å². The average molecular weight is 258 g/mol. The highest BCUT2D eigenvalue weighted by Gasteiger charge is 1.95. The Kier molecular flexibility index (Phi) is 10.1. The van der Waals surface area contributed by atoms with Gasteiger partial charge < -0.3 is 10.6 Å². The summed E-state index contributed by atoms with van der Waals surface area (Å²) in [5.41, 5.74) is 2.13. The zero-order chi connectivity index (χ0) is 13.1. The van der Waals surface area contributed by atoms with Gasteiger partial charge in [0.1, 0.15) is 5.15 Å². The van der Waals surface area contributed by atoms with E-state index in [2.05, 4.69) is 22.5 Å². The zero-order valence-corrected chi connectivity index (χ0v) is 12.1. The molecule has 0 unspecified atom stereocenters. The number of hydrogen-bond acceptors (Lipinski definition) is 3. The SMILES string of the molecule is CCCCNC.CNCc1cc(C)nc(Cl)c1. The lowest BCUT2D eigenvalue weighted by atomic mass is 10.2. The van der Waals surface area contributed by atoms with Crippen LogP contribution >= 0.6 is 11.6 Å².